The second-order valence-corrected chi connectivity index (χ2v) is 6.35. The number of imidazole rings is 1. The molecule has 4 aromatic rings. The van der Waals surface area contributed by atoms with Gasteiger partial charge in [0, 0.05) is 11.6 Å². The summed E-state index contributed by atoms with van der Waals surface area (Å²) in [5.74, 6) is -0.179. The molecule has 120 valence electrons. The van der Waals surface area contributed by atoms with Gasteiger partial charge in [0.1, 0.15) is 11.5 Å². The first-order chi connectivity index (χ1) is 11.6. The van der Waals surface area contributed by atoms with Gasteiger partial charge in [0.05, 0.1) is 16.7 Å². The summed E-state index contributed by atoms with van der Waals surface area (Å²) in [5.41, 5.74) is 3.82. The van der Waals surface area contributed by atoms with E-state index in [0.717, 1.165) is 11.1 Å². The Kier molecular flexibility index (Phi) is 3.21. The number of aromatic hydroxyl groups is 2. The van der Waals surface area contributed by atoms with Crippen molar-refractivity contribution in [2.24, 2.45) is 0 Å². The molecule has 24 heavy (non-hydrogen) atoms. The molecule has 0 amide bonds. The number of thiophene rings is 1. The number of para-hydroxylation sites is 2. The molecule has 0 fully saturated rings. The van der Waals surface area contributed by atoms with Gasteiger partial charge in [0.2, 0.25) is 0 Å². The molecule has 2 heterocycles. The van der Waals surface area contributed by atoms with Crippen molar-refractivity contribution in [2.75, 3.05) is 0 Å². The van der Waals surface area contributed by atoms with E-state index in [0.29, 0.717) is 22.3 Å². The van der Waals surface area contributed by atoms with Crippen LogP contribution in [-0.2, 0) is 0 Å². The van der Waals surface area contributed by atoms with E-state index in [-0.39, 0.29) is 17.2 Å². The number of hydrogen-bond acceptors (Lipinski definition) is 4. The maximum Gasteiger partial charge on any atom is 0.331 e. The van der Waals surface area contributed by atoms with Crippen LogP contribution in [0.2, 0.25) is 0 Å². The van der Waals surface area contributed by atoms with Crippen molar-refractivity contribution in [3.05, 3.63) is 63.2 Å². The van der Waals surface area contributed by atoms with Gasteiger partial charge in [-0.15, -0.1) is 0 Å². The summed E-state index contributed by atoms with van der Waals surface area (Å²) in [6.07, 6.45) is 0. The summed E-state index contributed by atoms with van der Waals surface area (Å²) in [6.45, 7) is 1.95. The third kappa shape index (κ3) is 2.11. The highest BCUT2D eigenvalue weighted by atomic mass is 32.1. The van der Waals surface area contributed by atoms with Crippen molar-refractivity contribution in [3.8, 4) is 28.3 Å². The number of fused-ring (bicyclic) bond motifs is 1. The van der Waals surface area contributed by atoms with Gasteiger partial charge in [-0.1, -0.05) is 12.1 Å². The average Bonchev–Trinajstić information content (AvgIpc) is 3.11. The van der Waals surface area contributed by atoms with Crippen LogP contribution in [0.4, 0.5) is 0 Å². The fourth-order valence-corrected chi connectivity index (χ4v) is 3.74. The first-order valence-corrected chi connectivity index (χ1v) is 8.30. The molecule has 0 saturated heterocycles. The van der Waals surface area contributed by atoms with Crippen LogP contribution in [-0.4, -0.2) is 19.8 Å². The molecule has 0 aliphatic rings. The van der Waals surface area contributed by atoms with E-state index >= 15 is 0 Å². The number of nitrogens with one attached hydrogen (secondary N) is 1. The second-order valence-electron chi connectivity index (χ2n) is 5.61. The predicted molar refractivity (Wildman–Crippen MR) is 95.3 cm³/mol. The highest BCUT2D eigenvalue weighted by Gasteiger charge is 2.17. The molecule has 0 spiro atoms. The van der Waals surface area contributed by atoms with Crippen molar-refractivity contribution in [2.45, 2.75) is 6.92 Å². The average molecular weight is 338 g/mol. The maximum atomic E-state index is 12.4. The molecular weight excluding hydrogens is 324 g/mol. The summed E-state index contributed by atoms with van der Waals surface area (Å²) in [7, 11) is 0. The Hall–Kier alpha value is -2.99. The van der Waals surface area contributed by atoms with Gasteiger partial charge in [0.15, 0.2) is 0 Å². The van der Waals surface area contributed by atoms with Gasteiger partial charge in [-0.25, -0.2) is 4.79 Å². The molecule has 6 heteroatoms. The van der Waals surface area contributed by atoms with Crippen LogP contribution in [0, 0.1) is 6.92 Å². The Morgan fingerprint density at radius 2 is 1.83 bits per heavy atom. The lowest BCUT2D eigenvalue weighted by atomic mass is 10.0. The summed E-state index contributed by atoms with van der Waals surface area (Å²) in [6, 6.07) is 10.2. The minimum Gasteiger partial charge on any atom is -0.507 e. The lowest BCUT2D eigenvalue weighted by Gasteiger charge is -2.11. The molecular formula is C18H14N2O3S. The molecule has 0 atom stereocenters. The van der Waals surface area contributed by atoms with Crippen LogP contribution in [0.3, 0.4) is 0 Å². The fraction of sp³-hybridized carbons (Fsp3) is 0.0556. The monoisotopic (exact) mass is 338 g/mol. The zero-order valence-electron chi connectivity index (χ0n) is 12.8. The van der Waals surface area contributed by atoms with E-state index in [4.69, 9.17) is 0 Å². The number of benzene rings is 2. The molecule has 0 radical (unpaired) electrons. The largest absolute Gasteiger partial charge is 0.507 e. The first kappa shape index (κ1) is 14.6. The summed E-state index contributed by atoms with van der Waals surface area (Å²) >= 11 is 1.53. The number of aromatic nitrogens is 2. The minimum absolute atomic E-state index is 0.0226. The van der Waals surface area contributed by atoms with Gasteiger partial charge in [-0.05, 0) is 47.0 Å². The number of aryl methyl sites for hydroxylation is 1. The van der Waals surface area contributed by atoms with Gasteiger partial charge < -0.3 is 15.2 Å². The fourth-order valence-electron chi connectivity index (χ4n) is 2.89. The molecule has 0 bridgehead atoms. The van der Waals surface area contributed by atoms with Crippen LogP contribution < -0.4 is 5.69 Å². The Morgan fingerprint density at radius 3 is 2.58 bits per heavy atom. The number of hydrogen-bond donors (Lipinski definition) is 3. The summed E-state index contributed by atoms with van der Waals surface area (Å²) < 4.78 is 1.41. The van der Waals surface area contributed by atoms with Crippen molar-refractivity contribution in [3.63, 3.8) is 0 Å². The Balaban J connectivity index is 2.04. The smallest absolute Gasteiger partial charge is 0.331 e. The summed E-state index contributed by atoms with van der Waals surface area (Å²) in [5, 5.41) is 24.5. The molecule has 2 aromatic carbocycles. The minimum atomic E-state index is -0.342. The molecule has 0 saturated carbocycles. The van der Waals surface area contributed by atoms with Crippen LogP contribution in [0.25, 0.3) is 27.8 Å². The third-order valence-electron chi connectivity index (χ3n) is 4.07. The SMILES string of the molecule is Cc1cscc1-c1cc(-n2c(=O)[nH]c3ccccc32)c(O)cc1O. The molecule has 0 aliphatic heterocycles. The zero-order chi connectivity index (χ0) is 16.8. The number of phenols is 2. The van der Waals surface area contributed by atoms with Crippen LogP contribution in [0.1, 0.15) is 5.56 Å². The molecule has 5 nitrogen and oxygen atoms in total. The van der Waals surface area contributed by atoms with Crippen molar-refractivity contribution >= 4 is 22.4 Å². The van der Waals surface area contributed by atoms with Gasteiger partial charge in [-0.3, -0.25) is 4.57 Å². The topological polar surface area (TPSA) is 78.2 Å². The van der Waals surface area contributed by atoms with E-state index in [1.165, 1.54) is 22.0 Å². The van der Waals surface area contributed by atoms with E-state index in [1.54, 1.807) is 18.2 Å². The number of aromatic amines is 1. The van der Waals surface area contributed by atoms with E-state index < -0.39 is 0 Å². The maximum absolute atomic E-state index is 12.4. The molecule has 0 aliphatic carbocycles. The second kappa shape index (κ2) is 5.28. The number of nitrogens with zero attached hydrogens (tertiary/aromatic N) is 1. The normalized spacial score (nSPS) is 11.2. The number of rotatable bonds is 2. The van der Waals surface area contributed by atoms with E-state index in [1.807, 2.05) is 29.8 Å². The van der Waals surface area contributed by atoms with Crippen molar-refractivity contribution < 1.29 is 10.2 Å². The summed E-state index contributed by atoms with van der Waals surface area (Å²) in [4.78, 5) is 15.1. The van der Waals surface area contributed by atoms with Gasteiger partial charge in [-0.2, -0.15) is 11.3 Å². The van der Waals surface area contributed by atoms with E-state index in [9.17, 15) is 15.0 Å². The molecule has 3 N–H and O–H groups in total. The first-order valence-electron chi connectivity index (χ1n) is 7.35. The van der Waals surface area contributed by atoms with Crippen molar-refractivity contribution in [1.29, 1.82) is 0 Å². The molecule has 0 unspecified atom stereocenters. The van der Waals surface area contributed by atoms with Crippen LogP contribution in [0.15, 0.2) is 52.0 Å². The Bertz CT molecular complexity index is 1120. The van der Waals surface area contributed by atoms with Gasteiger partial charge in [0.25, 0.3) is 0 Å². The predicted octanol–water partition coefficient (Wildman–Crippen LogP) is 3.77. The Morgan fingerprint density at radius 1 is 1.04 bits per heavy atom. The highest BCUT2D eigenvalue weighted by molar-refractivity contribution is 7.08. The highest BCUT2D eigenvalue weighted by Crippen LogP contribution is 2.39. The van der Waals surface area contributed by atoms with Crippen LogP contribution >= 0.6 is 11.3 Å². The zero-order valence-corrected chi connectivity index (χ0v) is 13.6. The molecule has 4 rings (SSSR count). The lowest BCUT2D eigenvalue weighted by molar-refractivity contribution is 0.450. The molecule has 2 aromatic heterocycles. The van der Waals surface area contributed by atoms with Gasteiger partial charge >= 0.3 is 5.69 Å². The quantitative estimate of drug-likeness (QED) is 0.521. The standard InChI is InChI=1S/C18H14N2O3S/c1-10-8-24-9-12(10)11-6-15(17(22)7-16(11)21)20-14-5-3-2-4-13(14)19-18(20)23/h2-9,21-22H,1H3,(H,19,23). The van der Waals surface area contributed by atoms with E-state index in [2.05, 4.69) is 4.98 Å². The number of phenolic OH excluding ortho intramolecular Hbond substituents is 2. The van der Waals surface area contributed by atoms with Crippen molar-refractivity contribution in [1.82, 2.24) is 9.55 Å². The number of H-pyrrole nitrogens is 1. The Labute approximate surface area is 141 Å². The lowest BCUT2D eigenvalue weighted by Crippen LogP contribution is -2.14. The van der Waals surface area contributed by atoms with Crippen LogP contribution in [0.5, 0.6) is 11.5 Å². The third-order valence-corrected chi connectivity index (χ3v) is 4.93.